The fourth-order valence-electron chi connectivity index (χ4n) is 3.64. The molecule has 1 aliphatic heterocycles. The van der Waals surface area contributed by atoms with E-state index in [1.54, 1.807) is 6.33 Å². The van der Waals surface area contributed by atoms with E-state index in [2.05, 4.69) is 56.9 Å². The smallest absolute Gasteiger partial charge is 0.137 e. The van der Waals surface area contributed by atoms with Crippen LogP contribution in [0.3, 0.4) is 0 Å². The molecule has 7 nitrogen and oxygen atoms in total. The van der Waals surface area contributed by atoms with Crippen LogP contribution in [0.4, 0.5) is 0 Å². The standard InChI is InChI=1S/C18H24N6O/c1-23(11-16-13(8-10-25-16)18-19-12-20-22-18)9-7-17-21-14-5-3-4-6-15(14)24(17)2/h3-6,12-13,16H,7-11H2,1-2H3,(H,19,20,22)/t13-,16-/m1/s1. The monoisotopic (exact) mass is 340 g/mol. The molecule has 25 heavy (non-hydrogen) atoms. The van der Waals surface area contributed by atoms with Crippen molar-refractivity contribution in [3.05, 3.63) is 42.2 Å². The Balaban J connectivity index is 1.37. The van der Waals surface area contributed by atoms with E-state index >= 15 is 0 Å². The molecular formula is C18H24N6O. The summed E-state index contributed by atoms with van der Waals surface area (Å²) < 4.78 is 8.12. The number of aromatic amines is 1. The number of aromatic nitrogens is 5. The van der Waals surface area contributed by atoms with Gasteiger partial charge >= 0.3 is 0 Å². The number of benzene rings is 1. The Morgan fingerprint density at radius 2 is 2.24 bits per heavy atom. The zero-order chi connectivity index (χ0) is 17.2. The second kappa shape index (κ2) is 6.93. The molecule has 0 unspecified atom stereocenters. The number of fused-ring (bicyclic) bond motifs is 1. The molecule has 1 aliphatic rings. The summed E-state index contributed by atoms with van der Waals surface area (Å²) in [6, 6.07) is 8.27. The molecule has 2 atom stereocenters. The molecule has 0 bridgehead atoms. The molecule has 0 aliphatic carbocycles. The van der Waals surface area contributed by atoms with Crippen LogP contribution in [0.15, 0.2) is 30.6 Å². The fourth-order valence-corrected chi connectivity index (χ4v) is 3.64. The first-order valence-electron chi connectivity index (χ1n) is 8.78. The molecule has 3 heterocycles. The third kappa shape index (κ3) is 3.29. The SMILES string of the molecule is CN(CCc1nc2ccccc2n1C)C[C@H]1OCC[C@H]1c1ncn[nH]1. The topological polar surface area (TPSA) is 71.9 Å². The van der Waals surface area contributed by atoms with E-state index in [0.717, 1.165) is 49.7 Å². The largest absolute Gasteiger partial charge is 0.376 e. The molecule has 1 N–H and O–H groups in total. The van der Waals surface area contributed by atoms with Gasteiger partial charge in [-0.05, 0) is 25.6 Å². The lowest BCUT2D eigenvalue weighted by Gasteiger charge is -2.23. The number of imidazole rings is 1. The summed E-state index contributed by atoms with van der Waals surface area (Å²) >= 11 is 0. The third-order valence-electron chi connectivity index (χ3n) is 5.08. The normalized spacial score (nSPS) is 20.8. The second-order valence-corrected chi connectivity index (χ2v) is 6.76. The van der Waals surface area contributed by atoms with E-state index in [-0.39, 0.29) is 6.10 Å². The van der Waals surface area contributed by atoms with E-state index in [0.29, 0.717) is 5.92 Å². The lowest BCUT2D eigenvalue weighted by Crippen LogP contribution is -2.33. The van der Waals surface area contributed by atoms with Crippen LogP contribution in [0.5, 0.6) is 0 Å². The summed E-state index contributed by atoms with van der Waals surface area (Å²) in [5, 5.41) is 6.96. The predicted molar refractivity (Wildman–Crippen MR) is 95.4 cm³/mol. The number of likely N-dealkylation sites (N-methyl/N-ethyl adjacent to an activating group) is 1. The number of nitrogens with one attached hydrogen (secondary N) is 1. The summed E-state index contributed by atoms with van der Waals surface area (Å²) in [6.07, 6.45) is 3.65. The van der Waals surface area contributed by atoms with Crippen molar-refractivity contribution in [1.29, 1.82) is 0 Å². The van der Waals surface area contributed by atoms with E-state index in [9.17, 15) is 0 Å². The molecule has 3 aromatic rings. The Bertz CT molecular complexity index is 827. The number of hydrogen-bond acceptors (Lipinski definition) is 5. The van der Waals surface area contributed by atoms with E-state index in [1.165, 1.54) is 5.52 Å². The highest BCUT2D eigenvalue weighted by Crippen LogP contribution is 2.29. The number of aryl methyl sites for hydroxylation is 1. The molecular weight excluding hydrogens is 316 g/mol. The molecule has 1 aromatic carbocycles. The van der Waals surface area contributed by atoms with Gasteiger partial charge in [-0.25, -0.2) is 9.97 Å². The Kier molecular flexibility index (Phi) is 4.50. The fraction of sp³-hybridized carbons (Fsp3) is 0.500. The average Bonchev–Trinajstić information content (AvgIpc) is 3.34. The Hall–Kier alpha value is -2.25. The van der Waals surface area contributed by atoms with Crippen LogP contribution in [0.25, 0.3) is 11.0 Å². The second-order valence-electron chi connectivity index (χ2n) is 6.76. The maximum absolute atomic E-state index is 5.93. The van der Waals surface area contributed by atoms with Crippen molar-refractivity contribution in [2.75, 3.05) is 26.7 Å². The minimum Gasteiger partial charge on any atom is -0.376 e. The molecule has 0 amide bonds. The van der Waals surface area contributed by atoms with E-state index in [1.807, 2.05) is 6.07 Å². The highest BCUT2D eigenvalue weighted by Gasteiger charge is 2.32. The van der Waals surface area contributed by atoms with E-state index in [4.69, 9.17) is 9.72 Å². The predicted octanol–water partition coefficient (Wildman–Crippen LogP) is 1.74. The van der Waals surface area contributed by atoms with Gasteiger partial charge in [0.25, 0.3) is 0 Å². The summed E-state index contributed by atoms with van der Waals surface area (Å²) in [4.78, 5) is 11.4. The van der Waals surface area contributed by atoms with Crippen LogP contribution in [0, 0.1) is 0 Å². The number of nitrogens with zero attached hydrogens (tertiary/aromatic N) is 5. The van der Waals surface area contributed by atoms with Gasteiger partial charge < -0.3 is 14.2 Å². The molecule has 4 rings (SSSR count). The zero-order valence-electron chi connectivity index (χ0n) is 14.7. The van der Waals surface area contributed by atoms with Gasteiger partial charge in [-0.3, -0.25) is 5.10 Å². The summed E-state index contributed by atoms with van der Waals surface area (Å²) in [6.45, 7) is 2.62. The first kappa shape index (κ1) is 16.2. The lowest BCUT2D eigenvalue weighted by molar-refractivity contribution is 0.0731. The molecule has 0 saturated carbocycles. The van der Waals surface area contributed by atoms with Crippen LogP contribution >= 0.6 is 0 Å². The highest BCUT2D eigenvalue weighted by molar-refractivity contribution is 5.75. The first-order valence-corrected chi connectivity index (χ1v) is 8.78. The molecule has 0 radical (unpaired) electrons. The maximum Gasteiger partial charge on any atom is 0.137 e. The Morgan fingerprint density at radius 3 is 3.04 bits per heavy atom. The van der Waals surface area contributed by atoms with Gasteiger partial charge in [-0.1, -0.05) is 12.1 Å². The van der Waals surface area contributed by atoms with Gasteiger partial charge in [-0.15, -0.1) is 0 Å². The number of hydrogen-bond donors (Lipinski definition) is 1. The minimum atomic E-state index is 0.165. The van der Waals surface area contributed by atoms with Crippen LogP contribution in [-0.4, -0.2) is 62.5 Å². The van der Waals surface area contributed by atoms with Crippen molar-refractivity contribution >= 4 is 11.0 Å². The van der Waals surface area contributed by atoms with Crippen LogP contribution in [-0.2, 0) is 18.2 Å². The highest BCUT2D eigenvalue weighted by atomic mass is 16.5. The maximum atomic E-state index is 5.93. The van der Waals surface area contributed by atoms with Gasteiger partial charge in [-0.2, -0.15) is 5.10 Å². The molecule has 1 saturated heterocycles. The van der Waals surface area contributed by atoms with Crippen LogP contribution in [0.1, 0.15) is 24.0 Å². The Morgan fingerprint density at radius 1 is 1.36 bits per heavy atom. The number of rotatable bonds is 6. The number of para-hydroxylation sites is 2. The van der Waals surface area contributed by atoms with Gasteiger partial charge in [0.15, 0.2) is 0 Å². The van der Waals surface area contributed by atoms with Crippen molar-refractivity contribution in [3.8, 4) is 0 Å². The average molecular weight is 340 g/mol. The van der Waals surface area contributed by atoms with Crippen LogP contribution < -0.4 is 0 Å². The van der Waals surface area contributed by atoms with Crippen molar-refractivity contribution in [1.82, 2.24) is 29.6 Å². The van der Waals surface area contributed by atoms with Gasteiger partial charge in [0, 0.05) is 39.1 Å². The Labute approximate surface area is 147 Å². The summed E-state index contributed by atoms with van der Waals surface area (Å²) in [7, 11) is 4.23. The molecule has 7 heteroatoms. The minimum absolute atomic E-state index is 0.165. The zero-order valence-corrected chi connectivity index (χ0v) is 14.7. The van der Waals surface area contributed by atoms with Gasteiger partial charge in [0.2, 0.25) is 0 Å². The summed E-state index contributed by atoms with van der Waals surface area (Å²) in [5.41, 5.74) is 2.25. The molecule has 0 spiro atoms. The van der Waals surface area contributed by atoms with Crippen molar-refractivity contribution in [3.63, 3.8) is 0 Å². The lowest BCUT2D eigenvalue weighted by atomic mass is 10.0. The van der Waals surface area contributed by atoms with Crippen LogP contribution in [0.2, 0.25) is 0 Å². The quantitative estimate of drug-likeness (QED) is 0.740. The van der Waals surface area contributed by atoms with E-state index < -0.39 is 0 Å². The molecule has 2 aromatic heterocycles. The van der Waals surface area contributed by atoms with Crippen molar-refractivity contribution in [2.24, 2.45) is 7.05 Å². The molecule has 132 valence electrons. The number of ether oxygens (including phenoxy) is 1. The van der Waals surface area contributed by atoms with Crippen molar-refractivity contribution in [2.45, 2.75) is 24.9 Å². The number of H-pyrrole nitrogens is 1. The van der Waals surface area contributed by atoms with Gasteiger partial charge in [0.05, 0.1) is 17.1 Å². The van der Waals surface area contributed by atoms with Gasteiger partial charge in [0.1, 0.15) is 18.0 Å². The van der Waals surface area contributed by atoms with Crippen molar-refractivity contribution < 1.29 is 4.74 Å². The molecule has 1 fully saturated rings. The summed E-state index contributed by atoms with van der Waals surface area (Å²) in [5.74, 6) is 2.36. The third-order valence-corrected chi connectivity index (χ3v) is 5.08. The first-order chi connectivity index (χ1) is 12.2.